The Kier molecular flexibility index (Phi) is 6.57. The number of hydrogen-bond acceptors (Lipinski definition) is 3. The lowest BCUT2D eigenvalue weighted by molar-refractivity contribution is 0.0773. The van der Waals surface area contributed by atoms with Crippen molar-refractivity contribution < 1.29 is 9.59 Å². The Balaban J connectivity index is 1.73. The first kappa shape index (κ1) is 21.6. The zero-order chi connectivity index (χ0) is 21.8. The molecule has 156 valence electrons. The molecule has 1 N–H and O–H groups in total. The molecule has 0 fully saturated rings. The van der Waals surface area contributed by atoms with Crippen LogP contribution in [0.25, 0.3) is 5.69 Å². The van der Waals surface area contributed by atoms with E-state index in [0.29, 0.717) is 34.9 Å². The highest BCUT2D eigenvalue weighted by atomic mass is 35.5. The summed E-state index contributed by atoms with van der Waals surface area (Å²) in [4.78, 5) is 26.8. The van der Waals surface area contributed by atoms with Crippen LogP contribution in [0.4, 0.5) is 5.69 Å². The summed E-state index contributed by atoms with van der Waals surface area (Å²) in [6.07, 6.45) is 0. The number of aryl methyl sites for hydroxylation is 2. The second kappa shape index (κ2) is 9.13. The van der Waals surface area contributed by atoms with Crippen LogP contribution in [0.2, 0.25) is 5.02 Å². The summed E-state index contributed by atoms with van der Waals surface area (Å²) in [5.41, 5.74) is 4.32. The Morgan fingerprint density at radius 2 is 1.70 bits per heavy atom. The highest BCUT2D eigenvalue weighted by Crippen LogP contribution is 2.23. The SMILES string of the molecule is CCN(CC)C(=O)c1ccc(NC(=O)c2ccc(-n3nc(C)cc3C)cc2)cc1Cl. The van der Waals surface area contributed by atoms with Crippen LogP contribution in [-0.2, 0) is 0 Å². The van der Waals surface area contributed by atoms with Gasteiger partial charge in [0.2, 0.25) is 0 Å². The Hall–Kier alpha value is -3.12. The third-order valence-corrected chi connectivity index (χ3v) is 5.20. The zero-order valence-corrected chi connectivity index (χ0v) is 18.3. The van der Waals surface area contributed by atoms with Crippen molar-refractivity contribution >= 4 is 29.1 Å². The molecular weight excluding hydrogens is 400 g/mol. The number of hydrogen-bond donors (Lipinski definition) is 1. The van der Waals surface area contributed by atoms with Crippen molar-refractivity contribution in [1.29, 1.82) is 0 Å². The number of benzene rings is 2. The summed E-state index contributed by atoms with van der Waals surface area (Å²) in [7, 11) is 0. The number of aromatic nitrogens is 2. The Labute approximate surface area is 181 Å². The maximum absolute atomic E-state index is 12.6. The molecule has 0 spiro atoms. The predicted molar refractivity (Wildman–Crippen MR) is 120 cm³/mol. The quantitative estimate of drug-likeness (QED) is 0.613. The molecule has 0 saturated heterocycles. The first-order chi connectivity index (χ1) is 14.3. The molecule has 0 saturated carbocycles. The summed E-state index contributed by atoms with van der Waals surface area (Å²) in [5.74, 6) is -0.378. The number of amides is 2. The van der Waals surface area contributed by atoms with E-state index in [2.05, 4.69) is 10.4 Å². The molecule has 2 amide bonds. The number of carbonyl (C=O) groups excluding carboxylic acids is 2. The average molecular weight is 425 g/mol. The Bertz CT molecular complexity index is 1070. The lowest BCUT2D eigenvalue weighted by Gasteiger charge is -2.19. The molecule has 6 nitrogen and oxygen atoms in total. The average Bonchev–Trinajstić information content (AvgIpc) is 3.07. The summed E-state index contributed by atoms with van der Waals surface area (Å²) in [5, 5.41) is 7.59. The third-order valence-electron chi connectivity index (χ3n) is 4.89. The third kappa shape index (κ3) is 4.54. The molecule has 0 unspecified atom stereocenters. The normalized spacial score (nSPS) is 10.7. The van der Waals surface area contributed by atoms with Crippen LogP contribution in [-0.4, -0.2) is 39.6 Å². The summed E-state index contributed by atoms with van der Waals surface area (Å²) >= 11 is 6.31. The van der Waals surface area contributed by atoms with E-state index in [-0.39, 0.29) is 11.8 Å². The molecule has 0 aliphatic rings. The summed E-state index contributed by atoms with van der Waals surface area (Å²) in [6.45, 7) is 8.99. The smallest absolute Gasteiger partial charge is 0.255 e. The second-order valence-corrected chi connectivity index (χ2v) is 7.42. The number of nitrogens with zero attached hydrogens (tertiary/aromatic N) is 3. The van der Waals surface area contributed by atoms with Crippen molar-refractivity contribution in [2.45, 2.75) is 27.7 Å². The van der Waals surface area contributed by atoms with Gasteiger partial charge in [-0.15, -0.1) is 0 Å². The molecular formula is C23H25ClN4O2. The molecule has 1 heterocycles. The standard InChI is InChI=1S/C23H25ClN4O2/c1-5-27(6-2)23(30)20-12-9-18(14-21(20)24)25-22(29)17-7-10-19(11-8-17)28-16(4)13-15(3)26-28/h7-14H,5-6H2,1-4H3,(H,25,29). The molecule has 0 aliphatic heterocycles. The Morgan fingerprint density at radius 1 is 1.03 bits per heavy atom. The molecule has 7 heteroatoms. The number of carbonyl (C=O) groups is 2. The van der Waals surface area contributed by atoms with E-state index in [1.54, 1.807) is 35.2 Å². The molecule has 3 aromatic rings. The predicted octanol–water partition coefficient (Wildman–Crippen LogP) is 4.88. The lowest BCUT2D eigenvalue weighted by atomic mass is 10.1. The van der Waals surface area contributed by atoms with Crippen LogP contribution in [0.15, 0.2) is 48.5 Å². The molecule has 1 aromatic heterocycles. The van der Waals surface area contributed by atoms with E-state index in [1.165, 1.54) is 0 Å². The van der Waals surface area contributed by atoms with E-state index < -0.39 is 0 Å². The molecule has 2 aromatic carbocycles. The summed E-state index contributed by atoms with van der Waals surface area (Å²) in [6, 6.07) is 14.1. The first-order valence-corrected chi connectivity index (χ1v) is 10.3. The van der Waals surface area contributed by atoms with Crippen molar-refractivity contribution in [2.24, 2.45) is 0 Å². The monoisotopic (exact) mass is 424 g/mol. The minimum atomic E-state index is -0.256. The maximum atomic E-state index is 12.6. The number of nitrogens with one attached hydrogen (secondary N) is 1. The number of anilines is 1. The van der Waals surface area contributed by atoms with E-state index in [1.807, 2.05) is 50.6 Å². The van der Waals surface area contributed by atoms with Gasteiger partial charge in [0.05, 0.1) is 22.0 Å². The van der Waals surface area contributed by atoms with Crippen molar-refractivity contribution in [3.05, 3.63) is 76.1 Å². The minimum Gasteiger partial charge on any atom is -0.339 e. The van der Waals surface area contributed by atoms with Crippen molar-refractivity contribution in [1.82, 2.24) is 14.7 Å². The molecule has 30 heavy (non-hydrogen) atoms. The van der Waals surface area contributed by atoms with Gasteiger partial charge in [0.25, 0.3) is 11.8 Å². The lowest BCUT2D eigenvalue weighted by Crippen LogP contribution is -2.30. The van der Waals surface area contributed by atoms with Gasteiger partial charge in [-0.1, -0.05) is 11.6 Å². The van der Waals surface area contributed by atoms with Gasteiger partial charge >= 0.3 is 0 Å². The van der Waals surface area contributed by atoms with Gasteiger partial charge in [-0.05, 0) is 76.2 Å². The van der Waals surface area contributed by atoms with Crippen LogP contribution in [0.1, 0.15) is 46.0 Å². The van der Waals surface area contributed by atoms with Crippen LogP contribution in [0, 0.1) is 13.8 Å². The highest BCUT2D eigenvalue weighted by Gasteiger charge is 2.17. The molecule has 0 bridgehead atoms. The first-order valence-electron chi connectivity index (χ1n) is 9.88. The van der Waals surface area contributed by atoms with Crippen molar-refractivity contribution in [3.8, 4) is 5.69 Å². The Morgan fingerprint density at radius 3 is 2.23 bits per heavy atom. The number of rotatable bonds is 6. The second-order valence-electron chi connectivity index (χ2n) is 7.01. The van der Waals surface area contributed by atoms with Crippen LogP contribution in [0.5, 0.6) is 0 Å². The highest BCUT2D eigenvalue weighted by molar-refractivity contribution is 6.34. The van der Waals surface area contributed by atoms with Gasteiger partial charge in [-0.25, -0.2) is 4.68 Å². The number of halogens is 1. The van der Waals surface area contributed by atoms with E-state index in [0.717, 1.165) is 17.1 Å². The fourth-order valence-corrected chi connectivity index (χ4v) is 3.56. The van der Waals surface area contributed by atoms with Crippen molar-refractivity contribution in [3.63, 3.8) is 0 Å². The topological polar surface area (TPSA) is 67.2 Å². The van der Waals surface area contributed by atoms with E-state index >= 15 is 0 Å². The zero-order valence-electron chi connectivity index (χ0n) is 17.6. The molecule has 0 aliphatic carbocycles. The van der Waals surface area contributed by atoms with Crippen LogP contribution >= 0.6 is 11.6 Å². The van der Waals surface area contributed by atoms with Gasteiger partial charge < -0.3 is 10.2 Å². The fraction of sp³-hybridized carbons (Fsp3) is 0.261. The van der Waals surface area contributed by atoms with Gasteiger partial charge in [0, 0.05) is 30.0 Å². The van der Waals surface area contributed by atoms with Gasteiger partial charge in [0.1, 0.15) is 0 Å². The van der Waals surface area contributed by atoms with Crippen LogP contribution < -0.4 is 5.32 Å². The minimum absolute atomic E-state index is 0.123. The fourth-order valence-electron chi connectivity index (χ4n) is 3.30. The molecule has 0 radical (unpaired) electrons. The van der Waals surface area contributed by atoms with Crippen LogP contribution in [0.3, 0.4) is 0 Å². The largest absolute Gasteiger partial charge is 0.339 e. The van der Waals surface area contributed by atoms with Gasteiger partial charge in [-0.2, -0.15) is 5.10 Å². The van der Waals surface area contributed by atoms with Crippen molar-refractivity contribution in [2.75, 3.05) is 18.4 Å². The maximum Gasteiger partial charge on any atom is 0.255 e. The molecule has 3 rings (SSSR count). The van der Waals surface area contributed by atoms with E-state index in [9.17, 15) is 9.59 Å². The van der Waals surface area contributed by atoms with Gasteiger partial charge in [-0.3, -0.25) is 9.59 Å². The van der Waals surface area contributed by atoms with E-state index in [4.69, 9.17) is 11.6 Å². The molecule has 0 atom stereocenters. The van der Waals surface area contributed by atoms with Gasteiger partial charge in [0.15, 0.2) is 0 Å². The summed E-state index contributed by atoms with van der Waals surface area (Å²) < 4.78 is 1.84.